The van der Waals surface area contributed by atoms with Crippen LogP contribution in [-0.4, -0.2) is 108 Å². The molecule has 3 N–H and O–H groups in total. The minimum atomic E-state index is -1.98. The number of unbranched alkanes of at least 4 members (excludes halogenated alkanes) is 1. The maximum absolute atomic E-state index is 14.0. The number of morpholine rings is 1. The zero-order valence-electron chi connectivity index (χ0n) is 27.4. The van der Waals surface area contributed by atoms with Crippen molar-refractivity contribution >= 4 is 17.3 Å². The number of ketones is 3. The maximum Gasteiger partial charge on any atom is 0.202 e. The van der Waals surface area contributed by atoms with Crippen molar-refractivity contribution in [2.75, 3.05) is 27.4 Å². The van der Waals surface area contributed by atoms with Gasteiger partial charge in [-0.2, -0.15) is 0 Å². The average molecular weight is 668 g/mol. The molecule has 2 aromatic carbocycles. The van der Waals surface area contributed by atoms with Crippen molar-refractivity contribution in [3.05, 3.63) is 51.6 Å². The number of aromatic hydroxyl groups is 2. The van der Waals surface area contributed by atoms with Crippen LogP contribution in [0.2, 0.25) is 0 Å². The Morgan fingerprint density at radius 3 is 2.58 bits per heavy atom. The predicted molar refractivity (Wildman–Crippen MR) is 166 cm³/mol. The van der Waals surface area contributed by atoms with Gasteiger partial charge in [0.1, 0.15) is 29.0 Å². The van der Waals surface area contributed by atoms with Crippen molar-refractivity contribution in [2.24, 2.45) is 0 Å². The number of phenolic OH excluding ortho intramolecular Hbond substituents is 2. The second-order valence-electron chi connectivity index (χ2n) is 13.2. The molecule has 0 radical (unpaired) electrons. The van der Waals surface area contributed by atoms with E-state index in [1.165, 1.54) is 19.2 Å². The van der Waals surface area contributed by atoms with Crippen LogP contribution in [0.3, 0.4) is 0 Å². The summed E-state index contributed by atoms with van der Waals surface area (Å²) in [6.45, 7) is 4.85. The molecule has 0 amide bonds. The number of hydrogen-bond donors (Lipinski definition) is 3. The summed E-state index contributed by atoms with van der Waals surface area (Å²) in [5.74, 6) is -2.82. The zero-order chi connectivity index (χ0) is 34.1. The van der Waals surface area contributed by atoms with Gasteiger partial charge in [-0.05, 0) is 19.4 Å². The number of aliphatic hydroxyl groups is 1. The van der Waals surface area contributed by atoms with E-state index in [1.54, 1.807) is 13.2 Å². The van der Waals surface area contributed by atoms with Crippen LogP contribution >= 0.6 is 0 Å². The summed E-state index contributed by atoms with van der Waals surface area (Å²) in [6, 6.07) is 4.40. The lowest BCUT2D eigenvalue weighted by atomic mass is 9.71. The van der Waals surface area contributed by atoms with Gasteiger partial charge in [-0.15, -0.1) is 0 Å². The van der Waals surface area contributed by atoms with Gasteiger partial charge in [0.15, 0.2) is 30.4 Å². The van der Waals surface area contributed by atoms with Crippen molar-refractivity contribution in [3.63, 3.8) is 0 Å². The van der Waals surface area contributed by atoms with Crippen molar-refractivity contribution in [2.45, 2.75) is 101 Å². The van der Waals surface area contributed by atoms with Crippen LogP contribution < -0.4 is 4.74 Å². The molecule has 13 heteroatoms. The molecule has 1 unspecified atom stereocenters. The quantitative estimate of drug-likeness (QED) is 0.300. The monoisotopic (exact) mass is 667 g/mol. The van der Waals surface area contributed by atoms with E-state index < -0.39 is 65.5 Å². The molecule has 8 atom stereocenters. The van der Waals surface area contributed by atoms with Crippen molar-refractivity contribution in [1.29, 1.82) is 0 Å². The summed E-state index contributed by atoms with van der Waals surface area (Å²) < 4.78 is 35.7. The molecule has 3 fully saturated rings. The van der Waals surface area contributed by atoms with Crippen LogP contribution in [0.15, 0.2) is 18.2 Å². The van der Waals surface area contributed by atoms with Gasteiger partial charge in [0.05, 0.1) is 42.6 Å². The lowest BCUT2D eigenvalue weighted by Crippen LogP contribution is -2.55. The molecule has 48 heavy (non-hydrogen) atoms. The van der Waals surface area contributed by atoms with E-state index in [2.05, 4.69) is 4.90 Å². The molecule has 2 aromatic rings. The van der Waals surface area contributed by atoms with Crippen LogP contribution in [-0.2, 0) is 34.9 Å². The molecule has 0 spiro atoms. The van der Waals surface area contributed by atoms with E-state index in [1.807, 2.05) is 13.8 Å². The van der Waals surface area contributed by atoms with E-state index in [0.29, 0.717) is 26.0 Å². The largest absolute Gasteiger partial charge is 0.507 e. The summed E-state index contributed by atoms with van der Waals surface area (Å²) in [4.78, 5) is 43.5. The molecule has 7 rings (SSSR count). The van der Waals surface area contributed by atoms with Gasteiger partial charge in [-0.25, -0.2) is 0 Å². The summed E-state index contributed by atoms with van der Waals surface area (Å²) >= 11 is 0. The highest BCUT2D eigenvalue weighted by atomic mass is 16.7. The third-order valence-electron chi connectivity index (χ3n) is 10.5. The number of rotatable bonds is 8. The van der Waals surface area contributed by atoms with E-state index in [9.17, 15) is 29.7 Å². The molecule has 258 valence electrons. The smallest absolute Gasteiger partial charge is 0.202 e. The average Bonchev–Trinajstić information content (AvgIpc) is 3.46. The molecule has 13 nitrogen and oxygen atoms in total. The lowest BCUT2D eigenvalue weighted by molar-refractivity contribution is -0.256. The molecule has 3 aliphatic heterocycles. The van der Waals surface area contributed by atoms with Crippen LogP contribution in [0.4, 0.5) is 0 Å². The minimum Gasteiger partial charge on any atom is -0.507 e. The van der Waals surface area contributed by atoms with Crippen molar-refractivity contribution in [3.8, 4) is 17.2 Å². The Balaban J connectivity index is 1.29. The Labute approximate surface area is 277 Å². The first-order chi connectivity index (χ1) is 23.0. The standard InChI is InChI=1S/C35H41NO12/c1-5-6-10-22(37)35(42)14-18-25(31(41)27-26(29(18)39)28(38)17-8-7-9-20(43-3)24(17)30(27)40)21(15-35)47-23-13-19-32(16(2)46-23)48-33-34(44-4)45-12-11-36(19)33/h7-9,16,19,21,23,32-34,39,41-42H,5-6,10-15H2,1-4H3/t16-,19-,21-,23?,32+,33+,34-,35-/m0/s1. The maximum atomic E-state index is 14.0. The second kappa shape index (κ2) is 12.5. The van der Waals surface area contributed by atoms with E-state index >= 15 is 0 Å². The number of phenols is 2. The van der Waals surface area contributed by atoms with E-state index in [0.717, 1.165) is 6.42 Å². The summed E-state index contributed by atoms with van der Waals surface area (Å²) in [5.41, 5.74) is -2.76. The molecule has 0 saturated carbocycles. The van der Waals surface area contributed by atoms with Crippen LogP contribution in [0.25, 0.3) is 0 Å². The Bertz CT molecular complexity index is 1660. The molecular formula is C35H41NO12. The molecule has 3 heterocycles. The topological polar surface area (TPSA) is 171 Å². The third-order valence-corrected chi connectivity index (χ3v) is 10.5. The van der Waals surface area contributed by atoms with E-state index in [4.69, 9.17) is 28.4 Å². The SMILES string of the molecule is CCCCC(=O)[C@]1(O)Cc2c(O)c3c(c(O)c2[C@@H](OC2C[C@H]4[C@H](O[C@@H]5[C@@H](OC)OCCN54)[C@H](C)O2)C1)C(=O)c1c(OC)cccc1C3=O. The molecule has 2 aliphatic carbocycles. The highest BCUT2D eigenvalue weighted by Gasteiger charge is 2.55. The number of nitrogens with zero attached hydrogens (tertiary/aromatic N) is 1. The predicted octanol–water partition coefficient (Wildman–Crippen LogP) is 2.91. The number of fused-ring (bicyclic) bond motifs is 6. The first kappa shape index (κ1) is 33.1. The Morgan fingerprint density at radius 1 is 1.08 bits per heavy atom. The number of carbonyl (C=O) groups is 3. The Hall–Kier alpha value is -3.43. The fourth-order valence-electron chi connectivity index (χ4n) is 8.11. The number of Topliss-reactive ketones (excluding diaryl/α,β-unsaturated/α-hetero) is 1. The summed E-state index contributed by atoms with van der Waals surface area (Å²) in [7, 11) is 2.93. The Kier molecular flexibility index (Phi) is 8.60. The minimum absolute atomic E-state index is 0.00875. The van der Waals surface area contributed by atoms with Gasteiger partial charge in [0, 0.05) is 62.1 Å². The fourth-order valence-corrected chi connectivity index (χ4v) is 8.11. The number of hydrogen-bond acceptors (Lipinski definition) is 13. The third kappa shape index (κ3) is 5.06. The Morgan fingerprint density at radius 2 is 1.85 bits per heavy atom. The van der Waals surface area contributed by atoms with Gasteiger partial charge in [-0.1, -0.05) is 25.5 Å². The number of carbonyl (C=O) groups excluding carboxylic acids is 3. The van der Waals surface area contributed by atoms with Gasteiger partial charge in [-0.3, -0.25) is 19.3 Å². The lowest BCUT2D eigenvalue weighted by Gasteiger charge is -2.43. The molecule has 0 aromatic heterocycles. The summed E-state index contributed by atoms with van der Waals surface area (Å²) in [5, 5.41) is 35.5. The molecular weight excluding hydrogens is 626 g/mol. The van der Waals surface area contributed by atoms with Crippen LogP contribution in [0.1, 0.15) is 95.0 Å². The first-order valence-corrected chi connectivity index (χ1v) is 16.5. The number of benzene rings is 2. The zero-order valence-corrected chi connectivity index (χ0v) is 27.4. The van der Waals surface area contributed by atoms with Crippen LogP contribution in [0, 0.1) is 0 Å². The molecule has 3 saturated heterocycles. The number of methoxy groups -OCH3 is 2. The van der Waals surface area contributed by atoms with E-state index in [-0.39, 0.29) is 70.5 Å². The van der Waals surface area contributed by atoms with Crippen molar-refractivity contribution in [1.82, 2.24) is 4.90 Å². The molecule has 5 aliphatic rings. The normalized spacial score (nSPS) is 32.6. The van der Waals surface area contributed by atoms with Crippen molar-refractivity contribution < 1.29 is 58.1 Å². The first-order valence-electron chi connectivity index (χ1n) is 16.5. The van der Waals surface area contributed by atoms with Crippen LogP contribution in [0.5, 0.6) is 17.2 Å². The fraction of sp³-hybridized carbons (Fsp3) is 0.571. The number of ether oxygens (including phenoxy) is 6. The second-order valence-corrected chi connectivity index (χ2v) is 13.2. The highest BCUT2D eigenvalue weighted by Crippen LogP contribution is 2.53. The highest BCUT2D eigenvalue weighted by molar-refractivity contribution is 6.31. The molecule has 0 bridgehead atoms. The van der Waals surface area contributed by atoms with Gasteiger partial charge < -0.3 is 43.7 Å². The van der Waals surface area contributed by atoms with Gasteiger partial charge in [0.25, 0.3) is 0 Å². The van der Waals surface area contributed by atoms with Gasteiger partial charge in [0.2, 0.25) is 5.78 Å². The van der Waals surface area contributed by atoms with Gasteiger partial charge >= 0.3 is 0 Å². The summed E-state index contributed by atoms with van der Waals surface area (Å²) in [6.07, 6.45) is -2.74.